The summed E-state index contributed by atoms with van der Waals surface area (Å²) in [7, 11) is 3.83. The van der Waals surface area contributed by atoms with E-state index in [4.69, 9.17) is 5.73 Å². The molecule has 0 spiro atoms. The first-order valence-electron chi connectivity index (χ1n) is 11.8. The van der Waals surface area contributed by atoms with Crippen molar-refractivity contribution in [3.63, 3.8) is 0 Å². The highest BCUT2D eigenvalue weighted by Crippen LogP contribution is 2.24. The van der Waals surface area contributed by atoms with Crippen LogP contribution in [-0.4, -0.2) is 44.4 Å². The molecule has 4 rings (SSSR count). The topological polar surface area (TPSA) is 115 Å². The molecule has 0 saturated carbocycles. The standard InChI is InChI=1S/C25H32N6O3/c1-29(16-18-8-11-22(26)27-15-18)13-5-3-4-6-17-7-9-19-21(14-17)30(2)25(34)31(19)20-10-12-23(32)28-24(20)33/h7-9,11,14-15,20H,3-6,10,12-13,16H2,1-2H3,(H2,26,27)(H,28,32,33). The molecule has 34 heavy (non-hydrogen) atoms. The summed E-state index contributed by atoms with van der Waals surface area (Å²) in [5, 5.41) is 2.35. The minimum absolute atomic E-state index is 0.235. The van der Waals surface area contributed by atoms with Gasteiger partial charge >= 0.3 is 5.69 Å². The van der Waals surface area contributed by atoms with E-state index in [1.54, 1.807) is 11.6 Å². The molecule has 1 aliphatic heterocycles. The van der Waals surface area contributed by atoms with Crippen molar-refractivity contribution in [3.8, 4) is 0 Å². The zero-order valence-electron chi connectivity index (χ0n) is 19.8. The number of piperidine rings is 1. The maximum atomic E-state index is 12.9. The number of nitrogens with zero attached hydrogens (tertiary/aromatic N) is 4. The van der Waals surface area contributed by atoms with Gasteiger partial charge in [0, 0.05) is 26.2 Å². The zero-order chi connectivity index (χ0) is 24.2. The Hall–Kier alpha value is -3.46. The molecule has 3 heterocycles. The molecule has 2 aromatic heterocycles. The fraction of sp³-hybridized carbons (Fsp3) is 0.440. The molecule has 1 aliphatic rings. The Morgan fingerprint density at radius 3 is 2.62 bits per heavy atom. The zero-order valence-corrected chi connectivity index (χ0v) is 19.8. The first-order chi connectivity index (χ1) is 16.3. The molecule has 1 atom stereocenters. The number of nitrogens with one attached hydrogen (secondary N) is 1. The maximum absolute atomic E-state index is 12.9. The summed E-state index contributed by atoms with van der Waals surface area (Å²) in [6.07, 6.45) is 6.61. The van der Waals surface area contributed by atoms with Gasteiger partial charge < -0.3 is 10.6 Å². The smallest absolute Gasteiger partial charge is 0.329 e. The first-order valence-corrected chi connectivity index (χ1v) is 11.8. The van der Waals surface area contributed by atoms with Gasteiger partial charge in [0.15, 0.2) is 0 Å². The molecule has 1 fully saturated rings. The number of carbonyl (C=O) groups excluding carboxylic acids is 2. The average Bonchev–Trinajstić information content (AvgIpc) is 3.05. The molecule has 0 bridgehead atoms. The van der Waals surface area contributed by atoms with Crippen LogP contribution < -0.4 is 16.7 Å². The Morgan fingerprint density at radius 1 is 1.09 bits per heavy atom. The van der Waals surface area contributed by atoms with Crippen LogP contribution in [0.4, 0.5) is 5.82 Å². The summed E-state index contributed by atoms with van der Waals surface area (Å²) in [4.78, 5) is 43.1. The number of nitrogen functional groups attached to an aromatic ring is 1. The first kappa shape index (κ1) is 23.7. The number of carbonyl (C=O) groups is 2. The number of imidazole rings is 1. The quantitative estimate of drug-likeness (QED) is 0.370. The Labute approximate surface area is 198 Å². The highest BCUT2D eigenvalue weighted by Gasteiger charge is 2.31. The summed E-state index contributed by atoms with van der Waals surface area (Å²) in [5.74, 6) is -0.157. The number of aryl methyl sites for hydroxylation is 2. The van der Waals surface area contributed by atoms with Gasteiger partial charge in [-0.2, -0.15) is 0 Å². The van der Waals surface area contributed by atoms with Crippen molar-refractivity contribution >= 4 is 28.7 Å². The Morgan fingerprint density at radius 2 is 1.88 bits per heavy atom. The number of hydrogen-bond acceptors (Lipinski definition) is 6. The molecule has 1 unspecified atom stereocenters. The number of hydrogen-bond donors (Lipinski definition) is 2. The summed E-state index contributed by atoms with van der Waals surface area (Å²) in [5.41, 5.74) is 9.27. The lowest BCUT2D eigenvalue weighted by Gasteiger charge is -2.21. The van der Waals surface area contributed by atoms with Crippen molar-refractivity contribution < 1.29 is 9.59 Å². The number of imide groups is 1. The third kappa shape index (κ3) is 5.20. The van der Waals surface area contributed by atoms with Crippen LogP contribution in [-0.2, 0) is 29.6 Å². The monoisotopic (exact) mass is 464 g/mol. The van der Waals surface area contributed by atoms with Gasteiger partial charge in [0.05, 0.1) is 11.0 Å². The van der Waals surface area contributed by atoms with Crippen LogP contribution in [0.2, 0.25) is 0 Å². The van der Waals surface area contributed by atoms with E-state index in [0.717, 1.165) is 55.4 Å². The minimum atomic E-state index is -0.652. The molecule has 0 aliphatic carbocycles. The molecule has 3 aromatic rings. The fourth-order valence-corrected chi connectivity index (χ4v) is 4.60. The van der Waals surface area contributed by atoms with Gasteiger partial charge in [-0.25, -0.2) is 9.78 Å². The van der Waals surface area contributed by atoms with Crippen molar-refractivity contribution in [2.45, 2.75) is 51.1 Å². The van der Waals surface area contributed by atoms with Gasteiger partial charge in [-0.1, -0.05) is 18.6 Å². The van der Waals surface area contributed by atoms with Crippen LogP contribution in [0.3, 0.4) is 0 Å². The van der Waals surface area contributed by atoms with Gasteiger partial charge in [-0.15, -0.1) is 0 Å². The van der Waals surface area contributed by atoms with E-state index >= 15 is 0 Å². The molecule has 9 nitrogen and oxygen atoms in total. The van der Waals surface area contributed by atoms with Gasteiger partial charge in [0.2, 0.25) is 11.8 Å². The number of amides is 2. The largest absolute Gasteiger partial charge is 0.384 e. The number of aromatic nitrogens is 3. The minimum Gasteiger partial charge on any atom is -0.384 e. The van der Waals surface area contributed by atoms with E-state index in [9.17, 15) is 14.4 Å². The lowest BCUT2D eigenvalue weighted by molar-refractivity contribution is -0.135. The summed E-state index contributed by atoms with van der Waals surface area (Å²) < 4.78 is 3.11. The van der Waals surface area contributed by atoms with E-state index in [-0.39, 0.29) is 18.0 Å². The van der Waals surface area contributed by atoms with Crippen LogP contribution >= 0.6 is 0 Å². The van der Waals surface area contributed by atoms with E-state index in [0.29, 0.717) is 12.2 Å². The fourth-order valence-electron chi connectivity index (χ4n) is 4.60. The second-order valence-electron chi connectivity index (χ2n) is 9.14. The van der Waals surface area contributed by atoms with Gasteiger partial charge in [0.25, 0.3) is 0 Å². The molecule has 2 amide bonds. The number of anilines is 1. The number of fused-ring (bicyclic) bond motifs is 1. The van der Waals surface area contributed by atoms with Crippen LogP contribution in [0.25, 0.3) is 11.0 Å². The highest BCUT2D eigenvalue weighted by molar-refractivity contribution is 6.00. The maximum Gasteiger partial charge on any atom is 0.329 e. The lowest BCUT2D eigenvalue weighted by Crippen LogP contribution is -2.44. The van der Waals surface area contributed by atoms with Gasteiger partial charge in [0.1, 0.15) is 11.9 Å². The predicted octanol–water partition coefficient (Wildman–Crippen LogP) is 2.14. The SMILES string of the molecule is CN(CCCCCc1ccc2c(c1)n(C)c(=O)n2C1CCC(=O)NC1=O)Cc1ccc(N)nc1. The third-order valence-corrected chi connectivity index (χ3v) is 6.48. The molecule has 3 N–H and O–H groups in total. The summed E-state index contributed by atoms with van der Waals surface area (Å²) in [6, 6.07) is 9.18. The second kappa shape index (κ2) is 10.2. The van der Waals surface area contributed by atoms with Crippen molar-refractivity contribution in [1.29, 1.82) is 0 Å². The molecular weight excluding hydrogens is 432 g/mol. The van der Waals surface area contributed by atoms with Crippen LogP contribution in [0.15, 0.2) is 41.3 Å². The van der Waals surface area contributed by atoms with Crippen LogP contribution in [0.5, 0.6) is 0 Å². The lowest BCUT2D eigenvalue weighted by atomic mass is 10.0. The van der Waals surface area contributed by atoms with Crippen LogP contribution in [0, 0.1) is 0 Å². The number of unbranched alkanes of at least 4 members (excludes halogenated alkanes) is 2. The van der Waals surface area contributed by atoms with Crippen molar-refractivity contribution in [2.75, 3.05) is 19.3 Å². The molecule has 0 radical (unpaired) electrons. The van der Waals surface area contributed by atoms with E-state index in [1.165, 1.54) is 10.1 Å². The van der Waals surface area contributed by atoms with E-state index < -0.39 is 11.9 Å². The Balaban J connectivity index is 1.32. The number of rotatable bonds is 9. The average molecular weight is 465 g/mol. The third-order valence-electron chi connectivity index (χ3n) is 6.48. The summed E-state index contributed by atoms with van der Waals surface area (Å²) in [6.45, 7) is 1.86. The highest BCUT2D eigenvalue weighted by atomic mass is 16.2. The molecule has 180 valence electrons. The van der Waals surface area contributed by atoms with Crippen LogP contribution in [0.1, 0.15) is 49.3 Å². The predicted molar refractivity (Wildman–Crippen MR) is 131 cm³/mol. The number of nitrogens with two attached hydrogens (primary N) is 1. The van der Waals surface area contributed by atoms with Gasteiger partial charge in [-0.05, 0) is 68.6 Å². The number of benzene rings is 1. The van der Waals surface area contributed by atoms with E-state index in [2.05, 4.69) is 22.2 Å². The normalized spacial score (nSPS) is 16.4. The summed E-state index contributed by atoms with van der Waals surface area (Å²) >= 11 is 0. The second-order valence-corrected chi connectivity index (χ2v) is 9.14. The number of pyridine rings is 1. The van der Waals surface area contributed by atoms with Gasteiger partial charge in [-0.3, -0.25) is 24.0 Å². The van der Waals surface area contributed by atoms with Crippen molar-refractivity contribution in [3.05, 3.63) is 58.1 Å². The molecular formula is C25H32N6O3. The van der Waals surface area contributed by atoms with Crippen molar-refractivity contribution in [2.24, 2.45) is 7.05 Å². The van der Waals surface area contributed by atoms with E-state index in [1.807, 2.05) is 36.5 Å². The molecule has 1 saturated heterocycles. The molecule has 9 heteroatoms. The molecule has 1 aromatic carbocycles. The Bertz CT molecular complexity index is 1240. The Kier molecular flexibility index (Phi) is 7.12. The van der Waals surface area contributed by atoms with Crippen molar-refractivity contribution in [1.82, 2.24) is 24.3 Å².